The van der Waals surface area contributed by atoms with Gasteiger partial charge >= 0.3 is 5.97 Å². The lowest BCUT2D eigenvalue weighted by atomic mass is 10.2. The van der Waals surface area contributed by atoms with Gasteiger partial charge in [0, 0.05) is 42.1 Å². The van der Waals surface area contributed by atoms with Crippen LogP contribution in [0.2, 0.25) is 10.0 Å². The monoisotopic (exact) mass is 470 g/mol. The first-order valence-corrected chi connectivity index (χ1v) is 12.1. The lowest BCUT2D eigenvalue weighted by Gasteiger charge is -2.13. The highest BCUT2D eigenvalue weighted by atomic mass is 35.5. The van der Waals surface area contributed by atoms with Gasteiger partial charge in [-0.1, -0.05) is 35.0 Å². The largest absolute Gasteiger partial charge is 0.456 e. The standard InChI is InChI=1S/C19H16Cl2N2O4S2/c1-10(24)27-15-6-8-23-14-5-7-22-19(29(2,25)26)16(14)18(17(15)23)28-11-3-4-12(20)13(21)9-11/h3-5,7,9,15H,6,8H2,1-2H3. The molecule has 2 aromatic heterocycles. The average Bonchev–Trinajstić information content (AvgIpc) is 3.17. The number of carbonyl (C=O) groups is 1. The molecule has 0 spiro atoms. The molecule has 1 atom stereocenters. The van der Waals surface area contributed by atoms with E-state index in [9.17, 15) is 13.2 Å². The van der Waals surface area contributed by atoms with E-state index >= 15 is 0 Å². The van der Waals surface area contributed by atoms with Gasteiger partial charge in [-0.3, -0.25) is 4.79 Å². The van der Waals surface area contributed by atoms with E-state index < -0.39 is 15.9 Å². The molecule has 0 saturated heterocycles. The summed E-state index contributed by atoms with van der Waals surface area (Å²) in [5.41, 5.74) is 1.51. The molecule has 0 amide bonds. The molecule has 1 unspecified atom stereocenters. The molecule has 0 radical (unpaired) electrons. The third kappa shape index (κ3) is 3.74. The summed E-state index contributed by atoms with van der Waals surface area (Å²) in [4.78, 5) is 17.2. The number of aromatic nitrogens is 2. The van der Waals surface area contributed by atoms with Gasteiger partial charge in [0.2, 0.25) is 0 Å². The first-order chi connectivity index (χ1) is 13.7. The zero-order chi connectivity index (χ0) is 20.9. The maximum absolute atomic E-state index is 12.4. The lowest BCUT2D eigenvalue weighted by Crippen LogP contribution is -2.06. The highest BCUT2D eigenvalue weighted by Crippen LogP contribution is 2.47. The van der Waals surface area contributed by atoms with E-state index in [0.717, 1.165) is 22.4 Å². The van der Waals surface area contributed by atoms with Crippen LogP contribution in [0, 0.1) is 0 Å². The van der Waals surface area contributed by atoms with Crippen molar-refractivity contribution in [1.82, 2.24) is 9.55 Å². The predicted molar refractivity (Wildman–Crippen MR) is 113 cm³/mol. The molecule has 3 heterocycles. The van der Waals surface area contributed by atoms with Gasteiger partial charge in [0.25, 0.3) is 0 Å². The first kappa shape index (κ1) is 20.5. The van der Waals surface area contributed by atoms with Crippen molar-refractivity contribution in [2.24, 2.45) is 0 Å². The second kappa shape index (κ2) is 7.50. The number of hydrogen-bond donors (Lipinski definition) is 0. The van der Waals surface area contributed by atoms with Gasteiger partial charge < -0.3 is 9.30 Å². The average molecular weight is 471 g/mol. The number of pyridine rings is 1. The van der Waals surface area contributed by atoms with Crippen molar-refractivity contribution in [3.05, 3.63) is 46.2 Å². The van der Waals surface area contributed by atoms with E-state index in [-0.39, 0.29) is 11.0 Å². The quantitative estimate of drug-likeness (QED) is 0.504. The third-order valence-corrected chi connectivity index (χ3v) is 7.48. The molecule has 1 aromatic carbocycles. The smallest absolute Gasteiger partial charge is 0.303 e. The number of aryl methyl sites for hydroxylation is 1. The minimum Gasteiger partial charge on any atom is -0.456 e. The Balaban J connectivity index is 1.99. The van der Waals surface area contributed by atoms with E-state index in [0.29, 0.717) is 33.3 Å². The van der Waals surface area contributed by atoms with Crippen molar-refractivity contribution in [3.63, 3.8) is 0 Å². The summed E-state index contributed by atoms with van der Waals surface area (Å²) in [6.07, 6.45) is 2.78. The second-order valence-electron chi connectivity index (χ2n) is 6.71. The number of nitrogens with zero attached hydrogens (tertiary/aromatic N) is 2. The van der Waals surface area contributed by atoms with Crippen molar-refractivity contribution in [1.29, 1.82) is 0 Å². The first-order valence-electron chi connectivity index (χ1n) is 8.68. The Kier molecular flexibility index (Phi) is 5.31. The predicted octanol–water partition coefficient (Wildman–Crippen LogP) is 4.91. The van der Waals surface area contributed by atoms with E-state index in [1.54, 1.807) is 24.3 Å². The fraction of sp³-hybridized carbons (Fsp3) is 0.263. The van der Waals surface area contributed by atoms with Gasteiger partial charge in [0.05, 0.1) is 26.6 Å². The van der Waals surface area contributed by atoms with Gasteiger partial charge in [0.15, 0.2) is 14.9 Å². The molecule has 1 aliphatic heterocycles. The molecule has 152 valence electrons. The van der Waals surface area contributed by atoms with E-state index in [4.69, 9.17) is 27.9 Å². The van der Waals surface area contributed by atoms with Crippen LogP contribution in [-0.2, 0) is 25.9 Å². The molecule has 29 heavy (non-hydrogen) atoms. The fourth-order valence-electron chi connectivity index (χ4n) is 3.55. The molecular weight excluding hydrogens is 455 g/mol. The van der Waals surface area contributed by atoms with Crippen LogP contribution >= 0.6 is 35.0 Å². The zero-order valence-electron chi connectivity index (χ0n) is 15.5. The molecule has 6 nitrogen and oxygen atoms in total. The SMILES string of the molecule is CC(=O)OC1CCn2c1c(Sc1ccc(Cl)c(Cl)c1)c1c(S(C)(=O)=O)nccc12. The number of benzene rings is 1. The molecule has 4 rings (SSSR count). The molecule has 1 aliphatic rings. The summed E-state index contributed by atoms with van der Waals surface area (Å²) in [5.74, 6) is -0.388. The highest BCUT2D eigenvalue weighted by molar-refractivity contribution is 7.99. The molecule has 0 aliphatic carbocycles. The van der Waals surface area contributed by atoms with Gasteiger partial charge in [-0.05, 0) is 24.3 Å². The van der Waals surface area contributed by atoms with Crippen LogP contribution in [0.15, 0.2) is 45.3 Å². The number of esters is 1. The summed E-state index contributed by atoms with van der Waals surface area (Å²) in [6, 6.07) is 6.99. The van der Waals surface area contributed by atoms with Crippen LogP contribution in [0.5, 0.6) is 0 Å². The summed E-state index contributed by atoms with van der Waals surface area (Å²) in [6.45, 7) is 1.97. The van der Waals surface area contributed by atoms with Gasteiger partial charge in [-0.15, -0.1) is 0 Å². The van der Waals surface area contributed by atoms with E-state index in [2.05, 4.69) is 4.98 Å². The zero-order valence-corrected chi connectivity index (χ0v) is 18.6. The van der Waals surface area contributed by atoms with Gasteiger partial charge in [-0.2, -0.15) is 0 Å². The van der Waals surface area contributed by atoms with Crippen molar-refractivity contribution in [2.45, 2.75) is 40.8 Å². The summed E-state index contributed by atoms with van der Waals surface area (Å²) in [5, 5.41) is 1.35. The minimum absolute atomic E-state index is 0.000959. The Morgan fingerprint density at radius 1 is 1.28 bits per heavy atom. The molecule has 3 aromatic rings. The Bertz CT molecular complexity index is 1250. The normalized spacial score (nSPS) is 16.2. The Morgan fingerprint density at radius 3 is 2.69 bits per heavy atom. The Hall–Kier alpha value is -1.74. The van der Waals surface area contributed by atoms with E-state index in [1.165, 1.54) is 24.9 Å². The maximum Gasteiger partial charge on any atom is 0.303 e. The van der Waals surface area contributed by atoms with Crippen molar-refractivity contribution in [2.75, 3.05) is 6.26 Å². The topological polar surface area (TPSA) is 78.3 Å². The number of sulfone groups is 1. The highest BCUT2D eigenvalue weighted by Gasteiger charge is 2.34. The third-order valence-electron chi connectivity index (χ3n) is 4.63. The molecule has 0 saturated carbocycles. The van der Waals surface area contributed by atoms with Crippen LogP contribution in [0.4, 0.5) is 0 Å². The lowest BCUT2D eigenvalue weighted by molar-refractivity contribution is -0.146. The van der Waals surface area contributed by atoms with Crippen molar-refractivity contribution >= 4 is 61.7 Å². The summed E-state index contributed by atoms with van der Waals surface area (Å²) < 4.78 is 32.4. The van der Waals surface area contributed by atoms with Gasteiger partial charge in [0.1, 0.15) is 6.10 Å². The molecule has 0 fully saturated rings. The number of fused-ring (bicyclic) bond motifs is 3. The summed E-state index contributed by atoms with van der Waals surface area (Å²) >= 11 is 13.5. The number of rotatable bonds is 4. The molecule has 0 bridgehead atoms. The molecular formula is C19H16Cl2N2O4S2. The van der Waals surface area contributed by atoms with Crippen LogP contribution in [0.1, 0.15) is 25.1 Å². The van der Waals surface area contributed by atoms with Gasteiger partial charge in [-0.25, -0.2) is 13.4 Å². The van der Waals surface area contributed by atoms with Crippen LogP contribution < -0.4 is 0 Å². The van der Waals surface area contributed by atoms with Crippen LogP contribution in [0.3, 0.4) is 0 Å². The fourth-order valence-corrected chi connectivity index (χ4v) is 6.01. The van der Waals surface area contributed by atoms with Crippen LogP contribution in [0.25, 0.3) is 10.9 Å². The number of halogens is 2. The Labute approximate surface area is 182 Å². The minimum atomic E-state index is -3.58. The number of hydrogen-bond acceptors (Lipinski definition) is 6. The van der Waals surface area contributed by atoms with Crippen molar-refractivity contribution < 1.29 is 17.9 Å². The number of carbonyl (C=O) groups excluding carboxylic acids is 1. The van der Waals surface area contributed by atoms with E-state index in [1.807, 2.05) is 4.57 Å². The Morgan fingerprint density at radius 2 is 2.03 bits per heavy atom. The maximum atomic E-state index is 12.4. The van der Waals surface area contributed by atoms with Crippen LogP contribution in [-0.4, -0.2) is 30.2 Å². The molecule has 0 N–H and O–H groups in total. The second-order valence-corrected chi connectivity index (χ2v) is 10.5. The number of ether oxygens (including phenoxy) is 1. The summed E-state index contributed by atoms with van der Waals surface area (Å²) in [7, 11) is -3.58. The molecule has 10 heteroatoms. The van der Waals surface area contributed by atoms with Crippen molar-refractivity contribution in [3.8, 4) is 0 Å².